The third-order valence-corrected chi connectivity index (χ3v) is 4.13. The molecule has 1 saturated carbocycles. The molecule has 1 N–H and O–H groups in total. The molecule has 0 atom stereocenters. The molecule has 1 aliphatic heterocycles. The molecule has 3 rings (SSSR count). The molecule has 1 aliphatic carbocycles. The first-order chi connectivity index (χ1) is 10.1. The molecule has 1 aromatic heterocycles. The molecule has 1 aromatic rings. The van der Waals surface area contributed by atoms with Gasteiger partial charge in [0, 0.05) is 25.0 Å². The lowest BCUT2D eigenvalue weighted by Crippen LogP contribution is -2.45. The number of piperidine rings is 1. The minimum atomic E-state index is -0.536. The van der Waals surface area contributed by atoms with Crippen LogP contribution in [0.15, 0.2) is 16.5 Å². The fourth-order valence-corrected chi connectivity index (χ4v) is 2.70. The van der Waals surface area contributed by atoms with Crippen LogP contribution in [0.2, 0.25) is 0 Å². The van der Waals surface area contributed by atoms with Crippen LogP contribution in [0.4, 0.5) is 5.88 Å². The summed E-state index contributed by atoms with van der Waals surface area (Å²) in [5, 5.41) is 13.9. The number of carbonyl (C=O) groups excluding carboxylic acids is 1. The van der Waals surface area contributed by atoms with Crippen LogP contribution in [0.5, 0.6) is 0 Å². The van der Waals surface area contributed by atoms with Gasteiger partial charge in [-0.25, -0.2) is 0 Å². The number of carbonyl (C=O) groups is 1. The van der Waals surface area contributed by atoms with Gasteiger partial charge < -0.3 is 14.6 Å². The van der Waals surface area contributed by atoms with Crippen LogP contribution in [0, 0.1) is 16.0 Å². The Hall–Kier alpha value is -1.89. The Morgan fingerprint density at radius 1 is 1.33 bits per heavy atom. The van der Waals surface area contributed by atoms with E-state index in [0.717, 1.165) is 38.8 Å². The van der Waals surface area contributed by atoms with Crippen LogP contribution in [0.3, 0.4) is 0 Å². The lowest BCUT2D eigenvalue weighted by Gasteiger charge is -2.32. The SMILES string of the molecule is O=C(C1CC1)N1CCC(NCc2ccc([N+](=O)[O-])o2)CC1. The highest BCUT2D eigenvalue weighted by molar-refractivity contribution is 5.81. The summed E-state index contributed by atoms with van der Waals surface area (Å²) in [6.45, 7) is 2.08. The van der Waals surface area contributed by atoms with Crippen molar-refractivity contribution in [3.63, 3.8) is 0 Å². The van der Waals surface area contributed by atoms with Crippen LogP contribution in [0.25, 0.3) is 0 Å². The average molecular weight is 293 g/mol. The van der Waals surface area contributed by atoms with Gasteiger partial charge in [0.2, 0.25) is 5.91 Å². The van der Waals surface area contributed by atoms with Crippen molar-refractivity contribution in [1.29, 1.82) is 0 Å². The molecule has 21 heavy (non-hydrogen) atoms. The first-order valence-corrected chi connectivity index (χ1v) is 7.39. The molecule has 0 bridgehead atoms. The average Bonchev–Trinajstić information content (AvgIpc) is 3.23. The fraction of sp³-hybridized carbons (Fsp3) is 0.643. The van der Waals surface area contributed by atoms with E-state index in [-0.39, 0.29) is 11.8 Å². The van der Waals surface area contributed by atoms with Crippen molar-refractivity contribution in [3.8, 4) is 0 Å². The lowest BCUT2D eigenvalue weighted by molar-refractivity contribution is -0.402. The summed E-state index contributed by atoms with van der Waals surface area (Å²) in [4.78, 5) is 23.9. The van der Waals surface area contributed by atoms with Gasteiger partial charge in [0.1, 0.15) is 10.7 Å². The zero-order valence-corrected chi connectivity index (χ0v) is 11.8. The predicted molar refractivity (Wildman–Crippen MR) is 74.5 cm³/mol. The Morgan fingerprint density at radius 2 is 2.05 bits per heavy atom. The van der Waals surface area contributed by atoms with Gasteiger partial charge in [-0.1, -0.05) is 0 Å². The summed E-state index contributed by atoms with van der Waals surface area (Å²) in [7, 11) is 0. The highest BCUT2D eigenvalue weighted by Crippen LogP contribution is 2.31. The topological polar surface area (TPSA) is 88.6 Å². The summed E-state index contributed by atoms with van der Waals surface area (Å²) in [5.41, 5.74) is 0. The summed E-state index contributed by atoms with van der Waals surface area (Å²) >= 11 is 0. The van der Waals surface area contributed by atoms with Gasteiger partial charge >= 0.3 is 5.88 Å². The van der Waals surface area contributed by atoms with Crippen molar-refractivity contribution < 1.29 is 14.1 Å². The van der Waals surface area contributed by atoms with Crippen molar-refractivity contribution in [2.45, 2.75) is 38.3 Å². The smallest absolute Gasteiger partial charge is 0.404 e. The number of nitrogens with one attached hydrogen (secondary N) is 1. The maximum Gasteiger partial charge on any atom is 0.433 e. The first-order valence-electron chi connectivity index (χ1n) is 7.39. The number of furan rings is 1. The van der Waals surface area contributed by atoms with E-state index in [1.807, 2.05) is 4.90 Å². The number of nitro groups is 1. The van der Waals surface area contributed by atoms with Crippen molar-refractivity contribution in [2.75, 3.05) is 13.1 Å². The molecule has 2 aliphatic rings. The molecule has 0 unspecified atom stereocenters. The molecule has 7 heteroatoms. The van der Waals surface area contributed by atoms with Gasteiger partial charge in [-0.05, 0) is 31.7 Å². The first kappa shape index (κ1) is 14.1. The molecule has 0 spiro atoms. The maximum atomic E-state index is 11.9. The summed E-state index contributed by atoms with van der Waals surface area (Å²) in [5.74, 6) is 0.947. The van der Waals surface area contributed by atoms with Crippen molar-refractivity contribution >= 4 is 11.8 Å². The molecule has 114 valence electrons. The summed E-state index contributed by atoms with van der Waals surface area (Å²) in [6, 6.07) is 3.32. The van der Waals surface area contributed by atoms with Crippen molar-refractivity contribution in [3.05, 3.63) is 28.0 Å². The van der Waals surface area contributed by atoms with Gasteiger partial charge in [-0.2, -0.15) is 0 Å². The highest BCUT2D eigenvalue weighted by Gasteiger charge is 2.34. The molecule has 2 heterocycles. The van der Waals surface area contributed by atoms with Crippen LogP contribution in [0.1, 0.15) is 31.4 Å². The molecule has 1 amide bonds. The second-order valence-electron chi connectivity index (χ2n) is 5.75. The van der Waals surface area contributed by atoms with Gasteiger partial charge in [-0.15, -0.1) is 0 Å². The van der Waals surface area contributed by atoms with Gasteiger partial charge in [0.05, 0.1) is 12.6 Å². The minimum Gasteiger partial charge on any atom is -0.404 e. The Balaban J connectivity index is 1.42. The third-order valence-electron chi connectivity index (χ3n) is 4.13. The van der Waals surface area contributed by atoms with Crippen LogP contribution in [-0.4, -0.2) is 34.9 Å². The van der Waals surface area contributed by atoms with Gasteiger partial charge in [0.15, 0.2) is 0 Å². The summed E-state index contributed by atoms with van der Waals surface area (Å²) in [6.07, 6.45) is 3.94. The van der Waals surface area contributed by atoms with E-state index in [0.29, 0.717) is 24.3 Å². The third kappa shape index (κ3) is 3.41. The Morgan fingerprint density at radius 3 is 2.62 bits per heavy atom. The van der Waals surface area contributed by atoms with Crippen molar-refractivity contribution in [1.82, 2.24) is 10.2 Å². The molecule has 7 nitrogen and oxygen atoms in total. The van der Waals surface area contributed by atoms with E-state index in [1.165, 1.54) is 6.07 Å². The zero-order valence-electron chi connectivity index (χ0n) is 11.8. The van der Waals surface area contributed by atoms with Gasteiger partial charge in [-0.3, -0.25) is 14.9 Å². The lowest BCUT2D eigenvalue weighted by atomic mass is 10.0. The fourth-order valence-electron chi connectivity index (χ4n) is 2.70. The van der Waals surface area contributed by atoms with E-state index in [2.05, 4.69) is 5.32 Å². The van der Waals surface area contributed by atoms with Crippen LogP contribution < -0.4 is 5.32 Å². The monoisotopic (exact) mass is 293 g/mol. The summed E-state index contributed by atoms with van der Waals surface area (Å²) < 4.78 is 5.11. The Labute approximate surface area is 122 Å². The number of likely N-dealkylation sites (tertiary alicyclic amines) is 1. The second kappa shape index (κ2) is 5.85. The number of hydrogen-bond acceptors (Lipinski definition) is 5. The molecular formula is C14H19N3O4. The predicted octanol–water partition coefficient (Wildman–Crippen LogP) is 1.68. The zero-order chi connectivity index (χ0) is 14.8. The normalized spacial score (nSPS) is 19.7. The van der Waals surface area contributed by atoms with E-state index in [1.54, 1.807) is 6.07 Å². The van der Waals surface area contributed by atoms with Crippen LogP contribution >= 0.6 is 0 Å². The van der Waals surface area contributed by atoms with E-state index in [4.69, 9.17) is 4.42 Å². The largest absolute Gasteiger partial charge is 0.433 e. The van der Waals surface area contributed by atoms with Crippen molar-refractivity contribution in [2.24, 2.45) is 5.92 Å². The second-order valence-corrected chi connectivity index (χ2v) is 5.75. The maximum absolute atomic E-state index is 11.9. The van der Waals surface area contributed by atoms with E-state index < -0.39 is 4.92 Å². The standard InChI is InChI=1S/C14H19N3O4/c18-14(10-1-2-10)16-7-5-11(6-8-16)15-9-12-3-4-13(21-12)17(19)20/h3-4,10-11,15H,1-2,5-9H2. The number of rotatable bonds is 5. The number of amides is 1. The minimum absolute atomic E-state index is 0.225. The van der Waals surface area contributed by atoms with E-state index in [9.17, 15) is 14.9 Å². The molecule has 0 aromatic carbocycles. The van der Waals surface area contributed by atoms with Crippen LogP contribution in [-0.2, 0) is 11.3 Å². The van der Waals surface area contributed by atoms with Gasteiger partial charge in [0.25, 0.3) is 0 Å². The molecule has 0 radical (unpaired) electrons. The van der Waals surface area contributed by atoms with E-state index >= 15 is 0 Å². The quantitative estimate of drug-likeness (QED) is 0.659. The Kier molecular flexibility index (Phi) is 3.92. The highest BCUT2D eigenvalue weighted by atomic mass is 16.6. The number of nitrogens with zero attached hydrogens (tertiary/aromatic N) is 2. The number of hydrogen-bond donors (Lipinski definition) is 1. The molecule has 1 saturated heterocycles. The Bertz CT molecular complexity index is 530. The molecule has 2 fully saturated rings. The molecular weight excluding hydrogens is 274 g/mol.